The monoisotopic (exact) mass is 356 g/mol. The molecule has 0 fully saturated rings. The van der Waals surface area contributed by atoms with Gasteiger partial charge < -0.3 is 4.90 Å². The SMILES string of the molecule is CN1CC=C(c2cn(S(=O)(=O)c3cnn(C)c3)c3ccccc23)CC1. The Labute approximate surface area is 147 Å². The summed E-state index contributed by atoms with van der Waals surface area (Å²) in [5.41, 5.74) is 2.90. The van der Waals surface area contributed by atoms with E-state index in [2.05, 4.69) is 23.1 Å². The van der Waals surface area contributed by atoms with Gasteiger partial charge in [0, 0.05) is 43.5 Å². The maximum Gasteiger partial charge on any atom is 0.271 e. The summed E-state index contributed by atoms with van der Waals surface area (Å²) in [5, 5.41) is 4.96. The molecule has 0 saturated heterocycles. The van der Waals surface area contributed by atoms with Gasteiger partial charge in [-0.2, -0.15) is 5.10 Å². The number of hydrogen-bond donors (Lipinski definition) is 0. The molecule has 130 valence electrons. The Hall–Kier alpha value is -2.38. The maximum absolute atomic E-state index is 13.1. The topological polar surface area (TPSA) is 60.1 Å². The lowest BCUT2D eigenvalue weighted by Gasteiger charge is -2.21. The second kappa shape index (κ2) is 5.86. The van der Waals surface area contributed by atoms with E-state index in [1.54, 1.807) is 13.2 Å². The first kappa shape index (κ1) is 16.1. The summed E-state index contributed by atoms with van der Waals surface area (Å²) in [6.07, 6.45) is 7.77. The van der Waals surface area contributed by atoms with E-state index in [-0.39, 0.29) is 4.90 Å². The van der Waals surface area contributed by atoms with E-state index in [1.807, 2.05) is 24.3 Å². The number of aryl methyl sites for hydroxylation is 1. The largest absolute Gasteiger partial charge is 0.302 e. The highest BCUT2D eigenvalue weighted by Gasteiger charge is 2.24. The van der Waals surface area contributed by atoms with Crippen molar-refractivity contribution in [3.05, 3.63) is 54.5 Å². The van der Waals surface area contributed by atoms with Gasteiger partial charge in [0.05, 0.1) is 11.7 Å². The molecule has 2 aromatic heterocycles. The van der Waals surface area contributed by atoms with Crippen molar-refractivity contribution < 1.29 is 8.42 Å². The quantitative estimate of drug-likeness (QED) is 0.723. The molecule has 25 heavy (non-hydrogen) atoms. The molecule has 4 rings (SSSR count). The van der Waals surface area contributed by atoms with Crippen LogP contribution in [0.3, 0.4) is 0 Å². The zero-order chi connectivity index (χ0) is 17.6. The molecular weight excluding hydrogens is 336 g/mol. The number of fused-ring (bicyclic) bond motifs is 1. The fraction of sp³-hybridized carbons (Fsp3) is 0.278. The number of aromatic nitrogens is 3. The van der Waals surface area contributed by atoms with Crippen molar-refractivity contribution in [2.75, 3.05) is 20.1 Å². The van der Waals surface area contributed by atoms with E-state index in [9.17, 15) is 8.42 Å². The first-order valence-electron chi connectivity index (χ1n) is 8.19. The Morgan fingerprint density at radius 2 is 1.92 bits per heavy atom. The Bertz CT molecular complexity index is 1080. The van der Waals surface area contributed by atoms with Crippen LogP contribution in [0.1, 0.15) is 12.0 Å². The average Bonchev–Trinajstić information content (AvgIpc) is 3.20. The van der Waals surface area contributed by atoms with Crippen LogP contribution in [0.25, 0.3) is 16.5 Å². The minimum Gasteiger partial charge on any atom is -0.302 e. The summed E-state index contributed by atoms with van der Waals surface area (Å²) in [6.45, 7) is 1.85. The molecule has 0 spiro atoms. The third-order valence-corrected chi connectivity index (χ3v) is 6.30. The van der Waals surface area contributed by atoms with Gasteiger partial charge in [0.15, 0.2) is 0 Å². The first-order valence-corrected chi connectivity index (χ1v) is 9.63. The Morgan fingerprint density at radius 1 is 1.12 bits per heavy atom. The molecule has 0 atom stereocenters. The molecular formula is C18H20N4O2S. The van der Waals surface area contributed by atoms with Gasteiger partial charge in [0.1, 0.15) is 4.90 Å². The highest BCUT2D eigenvalue weighted by atomic mass is 32.2. The highest BCUT2D eigenvalue weighted by molar-refractivity contribution is 7.90. The lowest BCUT2D eigenvalue weighted by Crippen LogP contribution is -2.23. The molecule has 0 aliphatic carbocycles. The lowest BCUT2D eigenvalue weighted by atomic mass is 9.99. The van der Waals surface area contributed by atoms with Crippen LogP contribution in [0.2, 0.25) is 0 Å². The van der Waals surface area contributed by atoms with E-state index in [4.69, 9.17) is 0 Å². The van der Waals surface area contributed by atoms with E-state index in [1.165, 1.54) is 26.6 Å². The summed E-state index contributed by atoms with van der Waals surface area (Å²) < 4.78 is 29.1. The van der Waals surface area contributed by atoms with Gasteiger partial charge in [-0.15, -0.1) is 0 Å². The smallest absolute Gasteiger partial charge is 0.271 e. The van der Waals surface area contributed by atoms with Crippen molar-refractivity contribution in [1.82, 2.24) is 18.7 Å². The number of para-hydroxylation sites is 1. The third kappa shape index (κ3) is 2.69. The molecule has 7 heteroatoms. The second-order valence-corrected chi connectivity index (χ2v) is 8.27. The third-order valence-electron chi connectivity index (χ3n) is 4.67. The molecule has 0 saturated carbocycles. The van der Waals surface area contributed by atoms with Crippen molar-refractivity contribution in [3.63, 3.8) is 0 Å². The number of hydrogen-bond acceptors (Lipinski definition) is 4. The van der Waals surface area contributed by atoms with Gasteiger partial charge in [-0.1, -0.05) is 24.3 Å². The number of rotatable bonds is 3. The molecule has 1 aromatic carbocycles. The van der Waals surface area contributed by atoms with Crippen molar-refractivity contribution in [2.24, 2.45) is 7.05 Å². The van der Waals surface area contributed by atoms with Crippen LogP contribution in [-0.2, 0) is 17.1 Å². The molecule has 3 heterocycles. The van der Waals surface area contributed by atoms with Crippen LogP contribution < -0.4 is 0 Å². The van der Waals surface area contributed by atoms with Gasteiger partial charge in [-0.05, 0) is 25.1 Å². The van der Waals surface area contributed by atoms with Gasteiger partial charge in [-0.25, -0.2) is 12.4 Å². The minimum atomic E-state index is -3.68. The Morgan fingerprint density at radius 3 is 2.60 bits per heavy atom. The number of benzene rings is 1. The standard InChI is InChI=1S/C18H20N4O2S/c1-20-9-7-14(8-10-20)17-13-22(18-6-4-3-5-16(17)18)25(23,24)15-11-19-21(2)12-15/h3-7,11-13H,8-10H2,1-2H3. The van der Waals surface area contributed by atoms with Crippen molar-refractivity contribution in [2.45, 2.75) is 11.3 Å². The summed E-state index contributed by atoms with van der Waals surface area (Å²) in [6, 6.07) is 7.65. The maximum atomic E-state index is 13.1. The van der Waals surface area contributed by atoms with Crippen LogP contribution in [0.15, 0.2) is 53.8 Å². The summed E-state index contributed by atoms with van der Waals surface area (Å²) >= 11 is 0. The molecule has 0 N–H and O–H groups in total. The molecule has 0 radical (unpaired) electrons. The summed E-state index contributed by atoms with van der Waals surface area (Å²) in [5.74, 6) is 0. The van der Waals surface area contributed by atoms with Crippen molar-refractivity contribution in [1.29, 1.82) is 0 Å². The fourth-order valence-corrected chi connectivity index (χ4v) is 4.62. The molecule has 0 bridgehead atoms. The first-order chi connectivity index (χ1) is 12.0. The van der Waals surface area contributed by atoms with Gasteiger partial charge in [0.25, 0.3) is 10.0 Å². The van der Waals surface area contributed by atoms with Crippen LogP contribution in [0.5, 0.6) is 0 Å². The molecule has 1 aliphatic rings. The predicted octanol–water partition coefficient (Wildman–Crippen LogP) is 2.33. The summed E-state index contributed by atoms with van der Waals surface area (Å²) in [4.78, 5) is 2.44. The van der Waals surface area contributed by atoms with Gasteiger partial charge in [-0.3, -0.25) is 4.68 Å². The van der Waals surface area contributed by atoms with E-state index < -0.39 is 10.0 Å². The van der Waals surface area contributed by atoms with E-state index >= 15 is 0 Å². The van der Waals surface area contributed by atoms with Crippen molar-refractivity contribution in [3.8, 4) is 0 Å². The van der Waals surface area contributed by atoms with Crippen molar-refractivity contribution >= 4 is 26.5 Å². The lowest BCUT2D eigenvalue weighted by molar-refractivity contribution is 0.370. The van der Waals surface area contributed by atoms with Gasteiger partial charge in [0.2, 0.25) is 0 Å². The zero-order valence-electron chi connectivity index (χ0n) is 14.3. The second-order valence-electron chi connectivity index (χ2n) is 6.45. The zero-order valence-corrected chi connectivity index (χ0v) is 15.1. The predicted molar refractivity (Wildman–Crippen MR) is 97.8 cm³/mol. The van der Waals surface area contributed by atoms with Crippen LogP contribution in [0.4, 0.5) is 0 Å². The molecule has 0 unspecified atom stereocenters. The number of nitrogens with zero attached hydrogens (tertiary/aromatic N) is 4. The molecule has 0 amide bonds. The van der Waals surface area contributed by atoms with Crippen LogP contribution in [0, 0.1) is 0 Å². The number of likely N-dealkylation sites (N-methyl/N-ethyl adjacent to an activating group) is 1. The molecule has 1 aliphatic heterocycles. The van der Waals surface area contributed by atoms with Crippen LogP contribution >= 0.6 is 0 Å². The summed E-state index contributed by atoms with van der Waals surface area (Å²) in [7, 11) is 0.119. The molecule has 6 nitrogen and oxygen atoms in total. The highest BCUT2D eigenvalue weighted by Crippen LogP contribution is 2.32. The minimum absolute atomic E-state index is 0.194. The normalized spacial score (nSPS) is 16.3. The van der Waals surface area contributed by atoms with Gasteiger partial charge >= 0.3 is 0 Å². The fourth-order valence-electron chi connectivity index (χ4n) is 3.27. The molecule has 3 aromatic rings. The van der Waals surface area contributed by atoms with E-state index in [0.29, 0.717) is 5.52 Å². The van der Waals surface area contributed by atoms with E-state index in [0.717, 1.165) is 30.5 Å². The van der Waals surface area contributed by atoms with Crippen LogP contribution in [-0.4, -0.2) is 47.2 Å². The Kier molecular flexibility index (Phi) is 3.77. The average molecular weight is 356 g/mol. The Balaban J connectivity index is 1.91.